The summed E-state index contributed by atoms with van der Waals surface area (Å²) in [6, 6.07) is 25.1. The fraction of sp³-hybridized carbons (Fsp3) is 0.138. The second-order valence-corrected chi connectivity index (χ2v) is 9.32. The molecule has 0 spiro atoms. The summed E-state index contributed by atoms with van der Waals surface area (Å²) in [5.41, 5.74) is 5.93. The van der Waals surface area contributed by atoms with Crippen molar-refractivity contribution in [1.29, 1.82) is 0 Å². The number of fused-ring (bicyclic) bond motifs is 3. The van der Waals surface area contributed by atoms with Crippen LogP contribution in [-0.2, 0) is 5.41 Å². The summed E-state index contributed by atoms with van der Waals surface area (Å²) in [7, 11) is 0. The number of benzene rings is 3. The lowest BCUT2D eigenvalue weighted by atomic mass is 9.82. The van der Waals surface area contributed by atoms with Gasteiger partial charge in [-0.1, -0.05) is 57.2 Å². The minimum absolute atomic E-state index is 0.00869. The van der Waals surface area contributed by atoms with E-state index in [9.17, 15) is 0 Å². The van der Waals surface area contributed by atoms with Crippen LogP contribution >= 0.6 is 0 Å². The lowest BCUT2D eigenvalue weighted by Crippen LogP contribution is -2.12. The first-order valence-electron chi connectivity index (χ1n) is 10.9. The van der Waals surface area contributed by atoms with E-state index in [1.54, 1.807) is 6.26 Å². The van der Waals surface area contributed by atoms with Crippen LogP contribution in [-0.4, -0.2) is 4.98 Å². The van der Waals surface area contributed by atoms with Crippen LogP contribution < -0.4 is 0 Å². The summed E-state index contributed by atoms with van der Waals surface area (Å²) >= 11 is 0. The highest BCUT2D eigenvalue weighted by Crippen LogP contribution is 2.39. The molecule has 0 aliphatic carbocycles. The Balaban J connectivity index is 1.60. The number of hydrogen-bond donors (Lipinski definition) is 0. The Bertz CT molecular complexity index is 1610. The Morgan fingerprint density at radius 3 is 2.53 bits per heavy atom. The zero-order valence-electron chi connectivity index (χ0n) is 18.3. The van der Waals surface area contributed by atoms with Crippen molar-refractivity contribution in [2.24, 2.45) is 0 Å². The molecule has 32 heavy (non-hydrogen) atoms. The van der Waals surface area contributed by atoms with Crippen LogP contribution in [0.2, 0.25) is 0 Å². The van der Waals surface area contributed by atoms with Gasteiger partial charge in [-0.05, 0) is 58.1 Å². The lowest BCUT2D eigenvalue weighted by molar-refractivity contribution is 0.596. The minimum atomic E-state index is 0.00869. The molecule has 3 nitrogen and oxygen atoms in total. The maximum Gasteiger partial charge on any atom is 0.161 e. The van der Waals surface area contributed by atoms with Crippen molar-refractivity contribution in [3.05, 3.63) is 90.8 Å². The average Bonchev–Trinajstić information content (AvgIpc) is 3.44. The van der Waals surface area contributed by atoms with Gasteiger partial charge < -0.3 is 8.83 Å². The Kier molecular flexibility index (Phi) is 4.03. The van der Waals surface area contributed by atoms with E-state index in [2.05, 4.69) is 69.3 Å². The first-order chi connectivity index (χ1) is 15.5. The maximum absolute atomic E-state index is 6.45. The van der Waals surface area contributed by atoms with Crippen molar-refractivity contribution in [3.8, 4) is 22.6 Å². The molecule has 0 radical (unpaired) electrons. The molecule has 0 bridgehead atoms. The summed E-state index contributed by atoms with van der Waals surface area (Å²) in [5.74, 6) is 0.818. The largest absolute Gasteiger partial charge is 0.464 e. The van der Waals surface area contributed by atoms with Gasteiger partial charge in [-0.15, -0.1) is 0 Å². The quantitative estimate of drug-likeness (QED) is 0.284. The van der Waals surface area contributed by atoms with Crippen molar-refractivity contribution in [2.75, 3.05) is 0 Å². The van der Waals surface area contributed by atoms with Gasteiger partial charge in [0.15, 0.2) is 5.58 Å². The summed E-state index contributed by atoms with van der Waals surface area (Å²) < 4.78 is 12.0. The van der Waals surface area contributed by atoms with Crippen molar-refractivity contribution < 1.29 is 8.83 Å². The third-order valence-electron chi connectivity index (χ3n) is 6.14. The molecule has 3 heterocycles. The van der Waals surface area contributed by atoms with Crippen LogP contribution in [0.25, 0.3) is 55.3 Å². The Labute approximate surface area is 186 Å². The van der Waals surface area contributed by atoms with E-state index in [-0.39, 0.29) is 5.41 Å². The van der Waals surface area contributed by atoms with Crippen LogP contribution in [0.3, 0.4) is 0 Å². The molecule has 6 aromatic rings. The van der Waals surface area contributed by atoms with Gasteiger partial charge >= 0.3 is 0 Å². The molecule has 156 valence electrons. The average molecular weight is 418 g/mol. The molecular weight excluding hydrogens is 394 g/mol. The van der Waals surface area contributed by atoms with E-state index in [4.69, 9.17) is 13.8 Å². The van der Waals surface area contributed by atoms with Crippen LogP contribution in [0.1, 0.15) is 26.3 Å². The number of aromatic nitrogens is 1. The highest BCUT2D eigenvalue weighted by Gasteiger charge is 2.20. The standard InChI is InChI=1S/C29H23NO2/c1-29(2,3)24-16-20(15-18-7-4-5-8-21(18)24)27-28-19(11-13-30-27)17-26(32-28)22-9-6-10-25-23(22)12-14-31-25/h4-17H,1-3H3. The molecule has 3 aromatic carbocycles. The normalized spacial score (nSPS) is 12.2. The summed E-state index contributed by atoms with van der Waals surface area (Å²) in [5, 5.41) is 4.57. The first-order valence-corrected chi connectivity index (χ1v) is 10.9. The van der Waals surface area contributed by atoms with E-state index < -0.39 is 0 Å². The predicted molar refractivity (Wildman–Crippen MR) is 131 cm³/mol. The number of rotatable bonds is 2. The number of nitrogens with zero attached hydrogens (tertiary/aromatic N) is 1. The van der Waals surface area contributed by atoms with Crippen molar-refractivity contribution in [2.45, 2.75) is 26.2 Å². The van der Waals surface area contributed by atoms with Gasteiger partial charge in [0.25, 0.3) is 0 Å². The molecule has 0 saturated heterocycles. The smallest absolute Gasteiger partial charge is 0.161 e. The molecule has 0 unspecified atom stereocenters. The van der Waals surface area contributed by atoms with E-state index in [1.807, 2.05) is 30.5 Å². The van der Waals surface area contributed by atoms with Gasteiger partial charge in [0.2, 0.25) is 0 Å². The van der Waals surface area contributed by atoms with E-state index in [0.29, 0.717) is 0 Å². The molecule has 0 N–H and O–H groups in total. The second-order valence-electron chi connectivity index (χ2n) is 9.32. The Morgan fingerprint density at radius 1 is 0.781 bits per heavy atom. The zero-order valence-corrected chi connectivity index (χ0v) is 18.3. The third-order valence-corrected chi connectivity index (χ3v) is 6.14. The number of pyridine rings is 1. The maximum atomic E-state index is 6.45. The number of furan rings is 2. The van der Waals surface area contributed by atoms with E-state index in [1.165, 1.54) is 16.3 Å². The molecule has 3 heteroatoms. The first kappa shape index (κ1) is 18.9. The number of hydrogen-bond acceptors (Lipinski definition) is 3. The molecule has 3 aromatic heterocycles. The predicted octanol–water partition coefficient (Wildman–Crippen LogP) is 8.36. The van der Waals surface area contributed by atoms with Gasteiger partial charge in [-0.3, -0.25) is 4.98 Å². The topological polar surface area (TPSA) is 39.2 Å². The summed E-state index contributed by atoms with van der Waals surface area (Å²) in [6.07, 6.45) is 3.58. The Morgan fingerprint density at radius 2 is 1.66 bits per heavy atom. The van der Waals surface area contributed by atoms with Crippen molar-refractivity contribution in [3.63, 3.8) is 0 Å². The molecule has 0 aliphatic rings. The zero-order chi connectivity index (χ0) is 21.9. The SMILES string of the molecule is CC(C)(C)c1cc(-c2nccc3cc(-c4cccc5occc45)oc23)cc2ccccc12. The van der Waals surface area contributed by atoms with Crippen molar-refractivity contribution in [1.82, 2.24) is 4.98 Å². The molecule has 0 fully saturated rings. The lowest BCUT2D eigenvalue weighted by Gasteiger charge is -2.22. The molecule has 0 atom stereocenters. The van der Waals surface area contributed by atoms with Crippen LogP contribution in [0.15, 0.2) is 94.1 Å². The van der Waals surface area contributed by atoms with E-state index in [0.717, 1.165) is 44.5 Å². The minimum Gasteiger partial charge on any atom is -0.464 e. The fourth-order valence-corrected chi connectivity index (χ4v) is 4.58. The van der Waals surface area contributed by atoms with Gasteiger partial charge in [0, 0.05) is 28.1 Å². The van der Waals surface area contributed by atoms with Gasteiger partial charge in [-0.25, -0.2) is 0 Å². The third kappa shape index (κ3) is 2.93. The van der Waals surface area contributed by atoms with Crippen LogP contribution in [0.5, 0.6) is 0 Å². The molecule has 0 saturated carbocycles. The highest BCUT2D eigenvalue weighted by molar-refractivity contribution is 5.99. The second kappa shape index (κ2) is 6.83. The molecule has 0 aliphatic heterocycles. The van der Waals surface area contributed by atoms with Crippen molar-refractivity contribution >= 4 is 32.7 Å². The van der Waals surface area contributed by atoms with Crippen LogP contribution in [0, 0.1) is 0 Å². The Hall–Kier alpha value is -3.85. The monoisotopic (exact) mass is 417 g/mol. The van der Waals surface area contributed by atoms with Gasteiger partial charge in [-0.2, -0.15) is 0 Å². The summed E-state index contributed by atoms with van der Waals surface area (Å²) in [6.45, 7) is 6.76. The van der Waals surface area contributed by atoms with Gasteiger partial charge in [0.05, 0.1) is 6.26 Å². The highest BCUT2D eigenvalue weighted by atomic mass is 16.3. The molecular formula is C29H23NO2. The summed E-state index contributed by atoms with van der Waals surface area (Å²) in [4.78, 5) is 4.75. The van der Waals surface area contributed by atoms with Gasteiger partial charge in [0.1, 0.15) is 17.0 Å². The fourth-order valence-electron chi connectivity index (χ4n) is 4.58. The van der Waals surface area contributed by atoms with E-state index >= 15 is 0 Å². The van der Waals surface area contributed by atoms with Crippen LogP contribution in [0.4, 0.5) is 0 Å². The molecule has 6 rings (SSSR count). The molecule has 0 amide bonds.